The second kappa shape index (κ2) is 11.7. The Morgan fingerprint density at radius 1 is 1.23 bits per heavy atom. The van der Waals surface area contributed by atoms with E-state index in [9.17, 15) is 9.59 Å². The molecule has 0 spiro atoms. The molecule has 0 aliphatic carbocycles. The third kappa shape index (κ3) is 6.68. The van der Waals surface area contributed by atoms with E-state index in [1.54, 1.807) is 22.8 Å². The molecule has 2 N–H and O–H groups in total. The Kier molecular flexibility index (Phi) is 9.28. The monoisotopic (exact) mass is 539 g/mol. The van der Waals surface area contributed by atoms with Crippen molar-refractivity contribution in [3.63, 3.8) is 0 Å². The summed E-state index contributed by atoms with van der Waals surface area (Å²) in [6, 6.07) is 7.72. The second-order valence-corrected chi connectivity index (χ2v) is 7.24. The largest absolute Gasteiger partial charge is 0.352 e. The third-order valence-corrected chi connectivity index (χ3v) is 4.90. The van der Waals surface area contributed by atoms with Crippen molar-refractivity contribution in [3.05, 3.63) is 42.2 Å². The summed E-state index contributed by atoms with van der Waals surface area (Å²) in [5, 5.41) is 10.3. The Balaban J connectivity index is 0.00000341. The van der Waals surface area contributed by atoms with Crippen LogP contribution in [0.25, 0.3) is 0 Å². The van der Waals surface area contributed by atoms with Crippen LogP contribution in [0, 0.1) is 0 Å². The maximum absolute atomic E-state index is 12.6. The predicted molar refractivity (Wildman–Crippen MR) is 133 cm³/mol. The number of carbonyl (C=O) groups excluding carboxylic acids is 2. The zero-order valence-electron chi connectivity index (χ0n) is 18.2. The maximum atomic E-state index is 12.6. The number of nitrogens with one attached hydrogen (secondary N) is 2. The Hall–Kier alpha value is -2.63. The number of piperazine rings is 1. The number of carbonyl (C=O) groups is 2. The summed E-state index contributed by atoms with van der Waals surface area (Å²) < 4.78 is 1.69. The number of hydrogen-bond acceptors (Lipinski definition) is 4. The molecule has 1 aromatic carbocycles. The molecule has 1 fully saturated rings. The van der Waals surface area contributed by atoms with Gasteiger partial charge in [-0.05, 0) is 24.1 Å². The Labute approximate surface area is 199 Å². The third-order valence-electron chi connectivity index (χ3n) is 4.90. The molecular weight excluding hydrogens is 509 g/mol. The van der Waals surface area contributed by atoms with Crippen LogP contribution in [0.5, 0.6) is 0 Å². The van der Waals surface area contributed by atoms with Gasteiger partial charge in [-0.3, -0.25) is 19.3 Å². The van der Waals surface area contributed by atoms with E-state index >= 15 is 0 Å². The lowest BCUT2D eigenvalue weighted by molar-refractivity contribution is -0.120. The van der Waals surface area contributed by atoms with Gasteiger partial charge < -0.3 is 20.4 Å². The molecule has 2 amide bonds. The molecule has 10 heteroatoms. The van der Waals surface area contributed by atoms with Gasteiger partial charge in [0, 0.05) is 52.0 Å². The van der Waals surface area contributed by atoms with Crippen LogP contribution < -0.4 is 15.5 Å². The number of halogens is 1. The van der Waals surface area contributed by atoms with Crippen LogP contribution in [0.3, 0.4) is 0 Å². The normalized spacial score (nSPS) is 14.3. The van der Waals surface area contributed by atoms with E-state index in [0.717, 1.165) is 23.4 Å². The molecule has 0 saturated carbocycles. The minimum Gasteiger partial charge on any atom is -0.352 e. The SMILES string of the molecule is CCCC(=O)Nc1ccc(CNC(=NC)N2CCN(c3cnn(C)c3)C(=O)C2)cc1.I. The van der Waals surface area contributed by atoms with Crippen LogP contribution in [0.2, 0.25) is 0 Å². The van der Waals surface area contributed by atoms with Crippen molar-refractivity contribution in [1.29, 1.82) is 0 Å². The molecule has 1 saturated heterocycles. The van der Waals surface area contributed by atoms with Gasteiger partial charge in [0.2, 0.25) is 11.8 Å². The van der Waals surface area contributed by atoms with Crippen LogP contribution in [-0.4, -0.2) is 59.1 Å². The maximum Gasteiger partial charge on any atom is 0.246 e. The number of hydrogen-bond donors (Lipinski definition) is 2. The fourth-order valence-corrected chi connectivity index (χ4v) is 3.34. The Morgan fingerprint density at radius 2 is 1.97 bits per heavy atom. The number of nitrogens with zero attached hydrogens (tertiary/aromatic N) is 5. The summed E-state index contributed by atoms with van der Waals surface area (Å²) in [4.78, 5) is 32.3. The van der Waals surface area contributed by atoms with Crippen LogP contribution >= 0.6 is 24.0 Å². The smallest absolute Gasteiger partial charge is 0.246 e. The lowest BCUT2D eigenvalue weighted by Crippen LogP contribution is -2.55. The highest BCUT2D eigenvalue weighted by Gasteiger charge is 2.27. The average molecular weight is 539 g/mol. The minimum absolute atomic E-state index is 0. The first-order valence-corrected chi connectivity index (χ1v) is 10.1. The number of guanidine groups is 1. The van der Waals surface area contributed by atoms with Gasteiger partial charge >= 0.3 is 0 Å². The predicted octanol–water partition coefficient (Wildman–Crippen LogP) is 2.20. The highest BCUT2D eigenvalue weighted by atomic mass is 127. The quantitative estimate of drug-likeness (QED) is 0.334. The van der Waals surface area contributed by atoms with Crippen LogP contribution in [-0.2, 0) is 23.2 Å². The van der Waals surface area contributed by atoms with Gasteiger partial charge in [-0.2, -0.15) is 5.10 Å². The van der Waals surface area contributed by atoms with E-state index in [4.69, 9.17) is 0 Å². The van der Waals surface area contributed by atoms with Crippen molar-refractivity contribution >= 4 is 53.1 Å². The van der Waals surface area contributed by atoms with Gasteiger partial charge in [-0.25, -0.2) is 0 Å². The summed E-state index contributed by atoms with van der Waals surface area (Å²) in [5.41, 5.74) is 2.67. The molecule has 168 valence electrons. The fraction of sp³-hybridized carbons (Fsp3) is 0.429. The molecule has 0 unspecified atom stereocenters. The molecule has 1 aliphatic heterocycles. The molecule has 1 aliphatic rings. The summed E-state index contributed by atoms with van der Waals surface area (Å²) >= 11 is 0. The molecule has 1 aromatic heterocycles. The van der Waals surface area contributed by atoms with Gasteiger partial charge in [0.15, 0.2) is 5.96 Å². The van der Waals surface area contributed by atoms with Gasteiger partial charge in [-0.1, -0.05) is 19.1 Å². The zero-order valence-corrected chi connectivity index (χ0v) is 20.5. The van der Waals surface area contributed by atoms with Crippen LogP contribution in [0.15, 0.2) is 41.7 Å². The summed E-state index contributed by atoms with van der Waals surface area (Å²) in [6.45, 7) is 4.08. The van der Waals surface area contributed by atoms with Gasteiger partial charge in [0.25, 0.3) is 0 Å². The lowest BCUT2D eigenvalue weighted by Gasteiger charge is -2.35. The van der Waals surface area contributed by atoms with Crippen molar-refractivity contribution in [2.24, 2.45) is 12.0 Å². The van der Waals surface area contributed by atoms with Crippen molar-refractivity contribution < 1.29 is 9.59 Å². The molecule has 2 heterocycles. The Morgan fingerprint density at radius 3 is 2.55 bits per heavy atom. The average Bonchev–Trinajstić information content (AvgIpc) is 3.16. The number of aliphatic imine (C=N–C) groups is 1. The van der Waals surface area contributed by atoms with E-state index in [1.807, 2.05) is 49.3 Å². The highest BCUT2D eigenvalue weighted by Crippen LogP contribution is 2.16. The van der Waals surface area contributed by atoms with Crippen molar-refractivity contribution in [2.45, 2.75) is 26.3 Å². The van der Waals surface area contributed by atoms with E-state index in [0.29, 0.717) is 32.0 Å². The molecule has 0 atom stereocenters. The fourth-order valence-electron chi connectivity index (χ4n) is 3.34. The topological polar surface area (TPSA) is 94.9 Å². The first-order valence-electron chi connectivity index (χ1n) is 10.1. The molecule has 9 nitrogen and oxygen atoms in total. The summed E-state index contributed by atoms with van der Waals surface area (Å²) in [6.07, 6.45) is 4.89. The molecular formula is C21H30IN7O2. The molecule has 31 heavy (non-hydrogen) atoms. The minimum atomic E-state index is 0. The molecule has 3 rings (SSSR count). The first-order chi connectivity index (χ1) is 14.5. The van der Waals surface area contributed by atoms with Crippen molar-refractivity contribution in [3.8, 4) is 0 Å². The Bertz CT molecular complexity index is 911. The number of anilines is 2. The number of amides is 2. The van der Waals surface area contributed by atoms with Crippen LogP contribution in [0.1, 0.15) is 25.3 Å². The number of aromatic nitrogens is 2. The number of rotatable bonds is 6. The van der Waals surface area contributed by atoms with Gasteiger partial charge in [0.1, 0.15) is 6.54 Å². The molecule has 0 bridgehead atoms. The standard InChI is InChI=1S/C21H29N7O2.HI/c1-4-5-19(29)25-17-8-6-16(7-9-17)12-23-21(22-2)27-10-11-28(20(30)15-27)18-13-24-26(3)14-18;/h6-9,13-14H,4-5,10-12,15H2,1-3H3,(H,22,23)(H,25,29);1H. The van der Waals surface area contributed by atoms with Crippen LogP contribution in [0.4, 0.5) is 11.4 Å². The van der Waals surface area contributed by atoms with E-state index in [1.165, 1.54) is 0 Å². The summed E-state index contributed by atoms with van der Waals surface area (Å²) in [7, 11) is 3.55. The van der Waals surface area contributed by atoms with E-state index in [2.05, 4.69) is 20.7 Å². The second-order valence-electron chi connectivity index (χ2n) is 7.24. The zero-order chi connectivity index (χ0) is 21.5. The van der Waals surface area contributed by atoms with Gasteiger partial charge in [-0.15, -0.1) is 24.0 Å². The van der Waals surface area contributed by atoms with E-state index in [-0.39, 0.29) is 42.3 Å². The lowest BCUT2D eigenvalue weighted by atomic mass is 10.2. The molecule has 2 aromatic rings. The number of aryl methyl sites for hydroxylation is 1. The molecule has 0 radical (unpaired) electrons. The highest BCUT2D eigenvalue weighted by molar-refractivity contribution is 14.0. The van der Waals surface area contributed by atoms with Crippen molar-refractivity contribution in [2.75, 3.05) is 36.9 Å². The summed E-state index contributed by atoms with van der Waals surface area (Å²) in [5.74, 6) is 0.734. The number of benzene rings is 1. The first kappa shape index (κ1) is 24.6. The van der Waals surface area contributed by atoms with E-state index < -0.39 is 0 Å². The van der Waals surface area contributed by atoms with Gasteiger partial charge in [0.05, 0.1) is 11.9 Å². The van der Waals surface area contributed by atoms with Crippen molar-refractivity contribution in [1.82, 2.24) is 20.0 Å².